The molecule has 0 aliphatic rings. The number of nitrogens with zero attached hydrogens (tertiary/aromatic N) is 2. The molecule has 1 aromatic carbocycles. The van der Waals surface area contributed by atoms with Crippen molar-refractivity contribution < 1.29 is 9.26 Å². The lowest BCUT2D eigenvalue weighted by Crippen LogP contribution is -2.23. The largest absolute Gasteiger partial charge is 0.368 e. The van der Waals surface area contributed by atoms with Gasteiger partial charge in [-0.3, -0.25) is 0 Å². The van der Waals surface area contributed by atoms with Crippen molar-refractivity contribution in [3.8, 4) is 0 Å². The van der Waals surface area contributed by atoms with Gasteiger partial charge in [-0.1, -0.05) is 35.5 Å². The number of rotatable bonds is 6. The van der Waals surface area contributed by atoms with E-state index in [1.807, 2.05) is 51.1 Å². The lowest BCUT2D eigenvalue weighted by Gasteiger charge is -2.19. The van der Waals surface area contributed by atoms with Gasteiger partial charge < -0.3 is 15.0 Å². The predicted molar refractivity (Wildman–Crippen MR) is 76.0 cm³/mol. The van der Waals surface area contributed by atoms with E-state index < -0.39 is 5.60 Å². The summed E-state index contributed by atoms with van der Waals surface area (Å²) in [6.07, 6.45) is 0.664. The number of benzene rings is 1. The first kappa shape index (κ1) is 14.7. The molecule has 2 N–H and O–H groups in total. The molecule has 0 aliphatic carbocycles. The van der Waals surface area contributed by atoms with Crippen LogP contribution in [-0.4, -0.2) is 16.7 Å². The summed E-state index contributed by atoms with van der Waals surface area (Å²) in [4.78, 5) is 4.37. The van der Waals surface area contributed by atoms with Gasteiger partial charge in [-0.15, -0.1) is 0 Å². The van der Waals surface area contributed by atoms with E-state index in [0.717, 1.165) is 5.56 Å². The van der Waals surface area contributed by atoms with Crippen LogP contribution in [0.1, 0.15) is 44.1 Å². The molecule has 0 spiro atoms. The summed E-state index contributed by atoms with van der Waals surface area (Å²) in [5.74, 6) is 0.967. The number of nitrogens with two attached hydrogens (primary N) is 1. The Labute approximate surface area is 119 Å². The number of ether oxygens (including phenoxy) is 1. The van der Waals surface area contributed by atoms with E-state index in [0.29, 0.717) is 24.7 Å². The Hall–Kier alpha value is -1.72. The van der Waals surface area contributed by atoms with Crippen molar-refractivity contribution in [2.24, 2.45) is 5.73 Å². The molecule has 1 aromatic heterocycles. The monoisotopic (exact) mass is 275 g/mol. The molecule has 5 nitrogen and oxygen atoms in total. The lowest BCUT2D eigenvalue weighted by atomic mass is 10.1. The molecule has 5 heteroatoms. The Morgan fingerprint density at radius 2 is 2.00 bits per heavy atom. The maximum atomic E-state index is 6.12. The van der Waals surface area contributed by atoms with E-state index in [-0.39, 0.29) is 6.04 Å². The van der Waals surface area contributed by atoms with Crippen molar-refractivity contribution >= 4 is 0 Å². The number of aromatic nitrogens is 2. The standard InChI is InChI=1S/C15H21N3O2/c1-4-19-15(2,3)14-17-13(20-18-14)12(16)10-11-8-6-5-7-9-11/h5-9,12H,4,10,16H2,1-3H3/t12-/m1/s1. The first-order valence-electron chi connectivity index (χ1n) is 6.80. The summed E-state index contributed by atoms with van der Waals surface area (Å²) in [7, 11) is 0. The molecule has 2 aromatic rings. The Bertz CT molecular complexity index is 537. The molecule has 0 amide bonds. The summed E-state index contributed by atoms with van der Waals surface area (Å²) in [6, 6.07) is 9.70. The topological polar surface area (TPSA) is 74.2 Å². The van der Waals surface area contributed by atoms with E-state index in [2.05, 4.69) is 10.1 Å². The molecule has 1 atom stereocenters. The Balaban J connectivity index is 2.08. The minimum Gasteiger partial charge on any atom is -0.368 e. The Morgan fingerprint density at radius 3 is 2.65 bits per heavy atom. The lowest BCUT2D eigenvalue weighted by molar-refractivity contribution is -0.0221. The maximum absolute atomic E-state index is 6.12. The van der Waals surface area contributed by atoms with Crippen LogP contribution < -0.4 is 5.73 Å². The molecular formula is C15H21N3O2. The van der Waals surface area contributed by atoms with Crippen LogP contribution in [0.2, 0.25) is 0 Å². The SMILES string of the molecule is CCOC(C)(C)c1noc([C@H](N)Cc2ccccc2)n1. The second-order valence-corrected chi connectivity index (χ2v) is 5.20. The molecule has 2 rings (SSSR count). The van der Waals surface area contributed by atoms with Gasteiger partial charge in [0.15, 0.2) is 0 Å². The van der Waals surface area contributed by atoms with Crippen molar-refractivity contribution in [3.05, 3.63) is 47.6 Å². The van der Waals surface area contributed by atoms with Crippen LogP contribution in [0.15, 0.2) is 34.9 Å². The normalized spacial score (nSPS) is 13.4. The van der Waals surface area contributed by atoms with E-state index in [4.69, 9.17) is 15.0 Å². The van der Waals surface area contributed by atoms with Crippen molar-refractivity contribution in [3.63, 3.8) is 0 Å². The third-order valence-corrected chi connectivity index (χ3v) is 3.10. The molecule has 0 bridgehead atoms. The highest BCUT2D eigenvalue weighted by Crippen LogP contribution is 2.23. The van der Waals surface area contributed by atoms with Gasteiger partial charge in [0.1, 0.15) is 5.60 Å². The van der Waals surface area contributed by atoms with E-state index in [9.17, 15) is 0 Å². The number of hydrogen-bond acceptors (Lipinski definition) is 5. The zero-order valence-electron chi connectivity index (χ0n) is 12.2. The highest BCUT2D eigenvalue weighted by molar-refractivity contribution is 5.17. The second-order valence-electron chi connectivity index (χ2n) is 5.20. The highest BCUT2D eigenvalue weighted by atomic mass is 16.5. The van der Waals surface area contributed by atoms with Crippen molar-refractivity contribution in [1.29, 1.82) is 0 Å². The number of hydrogen-bond donors (Lipinski definition) is 1. The van der Waals surface area contributed by atoms with Gasteiger partial charge in [0.25, 0.3) is 0 Å². The average molecular weight is 275 g/mol. The molecule has 0 unspecified atom stereocenters. The van der Waals surface area contributed by atoms with Gasteiger partial charge >= 0.3 is 0 Å². The molecule has 20 heavy (non-hydrogen) atoms. The smallest absolute Gasteiger partial charge is 0.244 e. The Morgan fingerprint density at radius 1 is 1.30 bits per heavy atom. The fourth-order valence-electron chi connectivity index (χ4n) is 2.01. The molecule has 1 heterocycles. The maximum Gasteiger partial charge on any atom is 0.244 e. The second kappa shape index (κ2) is 6.15. The summed E-state index contributed by atoms with van der Waals surface area (Å²) in [6.45, 7) is 6.35. The first-order valence-corrected chi connectivity index (χ1v) is 6.80. The van der Waals surface area contributed by atoms with Crippen LogP contribution >= 0.6 is 0 Å². The molecule has 108 valence electrons. The minimum atomic E-state index is -0.567. The van der Waals surface area contributed by atoms with Crippen molar-refractivity contribution in [2.45, 2.75) is 38.8 Å². The van der Waals surface area contributed by atoms with E-state index in [1.54, 1.807) is 0 Å². The fourth-order valence-corrected chi connectivity index (χ4v) is 2.01. The highest BCUT2D eigenvalue weighted by Gasteiger charge is 2.28. The van der Waals surface area contributed by atoms with Gasteiger partial charge in [-0.2, -0.15) is 4.98 Å². The molecule has 0 saturated carbocycles. The van der Waals surface area contributed by atoms with Gasteiger partial charge in [-0.25, -0.2) is 0 Å². The average Bonchev–Trinajstić information content (AvgIpc) is 2.90. The predicted octanol–water partition coefficient (Wildman–Crippen LogP) is 2.58. The zero-order chi connectivity index (χ0) is 14.6. The fraction of sp³-hybridized carbons (Fsp3) is 0.467. The van der Waals surface area contributed by atoms with Gasteiger partial charge in [0.2, 0.25) is 11.7 Å². The summed E-state index contributed by atoms with van der Waals surface area (Å²) >= 11 is 0. The van der Waals surface area contributed by atoms with Gasteiger partial charge in [-0.05, 0) is 32.8 Å². The van der Waals surface area contributed by atoms with Crippen LogP contribution in [0.3, 0.4) is 0 Å². The zero-order valence-corrected chi connectivity index (χ0v) is 12.2. The van der Waals surface area contributed by atoms with Crippen molar-refractivity contribution in [1.82, 2.24) is 10.1 Å². The molecule has 0 radical (unpaired) electrons. The molecular weight excluding hydrogens is 254 g/mol. The van der Waals surface area contributed by atoms with Gasteiger partial charge in [0, 0.05) is 6.61 Å². The summed E-state index contributed by atoms with van der Waals surface area (Å²) < 4.78 is 10.9. The van der Waals surface area contributed by atoms with E-state index in [1.165, 1.54) is 0 Å². The van der Waals surface area contributed by atoms with Gasteiger partial charge in [0.05, 0.1) is 6.04 Å². The Kier molecular flexibility index (Phi) is 4.52. The first-order chi connectivity index (χ1) is 9.53. The minimum absolute atomic E-state index is 0.309. The molecule has 0 fully saturated rings. The van der Waals surface area contributed by atoms with Crippen LogP contribution in [0.25, 0.3) is 0 Å². The quantitative estimate of drug-likeness (QED) is 0.877. The van der Waals surface area contributed by atoms with E-state index >= 15 is 0 Å². The molecule has 0 saturated heterocycles. The van der Waals surface area contributed by atoms with Crippen molar-refractivity contribution in [2.75, 3.05) is 6.61 Å². The van der Waals surface area contributed by atoms with Crippen LogP contribution in [-0.2, 0) is 16.8 Å². The van der Waals surface area contributed by atoms with Crippen LogP contribution in [0.4, 0.5) is 0 Å². The van der Waals surface area contributed by atoms with Crippen LogP contribution in [0.5, 0.6) is 0 Å². The third kappa shape index (κ3) is 3.43. The van der Waals surface area contributed by atoms with Crippen LogP contribution in [0, 0.1) is 0 Å². The summed E-state index contributed by atoms with van der Waals surface area (Å²) in [5.41, 5.74) is 6.70. The third-order valence-electron chi connectivity index (χ3n) is 3.10. The summed E-state index contributed by atoms with van der Waals surface area (Å²) in [5, 5.41) is 3.98. The molecule has 0 aliphatic heterocycles.